The Hall–Kier alpha value is -4.98. The summed E-state index contributed by atoms with van der Waals surface area (Å²) in [5.41, 5.74) is 18.1. The van der Waals surface area contributed by atoms with E-state index >= 15 is 0 Å². The van der Waals surface area contributed by atoms with Gasteiger partial charge < -0.3 is 43.4 Å². The lowest BCUT2D eigenvalue weighted by Gasteiger charge is -2.21. The van der Waals surface area contributed by atoms with Gasteiger partial charge in [-0.3, -0.25) is 24.0 Å². The molecule has 11 N–H and O–H groups in total. The van der Waals surface area contributed by atoms with E-state index in [-0.39, 0.29) is 24.3 Å². The van der Waals surface area contributed by atoms with Crippen molar-refractivity contribution in [2.24, 2.45) is 22.2 Å². The van der Waals surface area contributed by atoms with E-state index in [9.17, 15) is 24.0 Å². The molecule has 0 unspecified atom stereocenters. The number of amides is 4. The number of nitrogens with zero attached hydrogens (tertiary/aromatic N) is 1. The molecule has 0 aliphatic rings. The van der Waals surface area contributed by atoms with E-state index in [0.717, 1.165) is 12.0 Å². The molecule has 0 fully saturated rings. The van der Waals surface area contributed by atoms with Gasteiger partial charge in [0.25, 0.3) is 0 Å². The van der Waals surface area contributed by atoms with E-state index in [2.05, 4.69) is 20.9 Å². The Labute approximate surface area is 250 Å². The summed E-state index contributed by atoms with van der Waals surface area (Å²) in [6, 6.07) is 12.5. The maximum absolute atomic E-state index is 13.2. The van der Waals surface area contributed by atoms with Gasteiger partial charge in [0.15, 0.2) is 5.96 Å². The molecule has 14 nitrogen and oxygen atoms in total. The van der Waals surface area contributed by atoms with Gasteiger partial charge in [0, 0.05) is 19.8 Å². The molecule has 0 aliphatic carbocycles. The largest absolute Gasteiger partial charge is 0.427 e. The molecule has 2 rings (SSSR count). The lowest BCUT2D eigenvalue weighted by molar-refractivity contribution is -0.132. The highest BCUT2D eigenvalue weighted by Crippen LogP contribution is 2.15. The van der Waals surface area contributed by atoms with Crippen LogP contribution in [-0.2, 0) is 36.8 Å². The Morgan fingerprint density at radius 2 is 1.47 bits per heavy atom. The Balaban J connectivity index is 0.00000924. The number of esters is 1. The maximum Gasteiger partial charge on any atom is 0.308 e. The van der Waals surface area contributed by atoms with Crippen molar-refractivity contribution in [3.05, 3.63) is 65.7 Å². The Morgan fingerprint density at radius 1 is 0.837 bits per heavy atom. The number of nitrogens with two attached hydrogens (primary N) is 3. The summed E-state index contributed by atoms with van der Waals surface area (Å²) in [7, 11) is 0. The first-order valence-electron chi connectivity index (χ1n) is 13.5. The molecule has 0 bridgehead atoms. The van der Waals surface area contributed by atoms with Gasteiger partial charge in [0.05, 0.1) is 6.54 Å². The van der Waals surface area contributed by atoms with Crippen LogP contribution in [0.15, 0.2) is 59.6 Å². The average Bonchev–Trinajstić information content (AvgIpc) is 2.94. The van der Waals surface area contributed by atoms with Crippen LogP contribution < -0.4 is 37.9 Å². The number of unbranched alkanes of at least 4 members (excludes halogenated alkanes) is 1. The van der Waals surface area contributed by atoms with Crippen LogP contribution in [0.25, 0.3) is 0 Å². The summed E-state index contributed by atoms with van der Waals surface area (Å²) in [6.45, 7) is 2.79. The van der Waals surface area contributed by atoms with E-state index in [0.29, 0.717) is 24.2 Å². The standard InChI is InChI=1S/C29H39N7O6.H2O/c1-3-4-10-22(27(40)33-17-25(38)34-23(26(30)39)15-19-8-6-5-7-9-19)35-28(41)24(36-29(31)32)16-20-11-13-21(14-12-20)42-18(2)37;/h5-9,11-14,22-24H,3-4,10,15-17H2,1-2H3,(H2,30,39)(H,33,40)(H,34,38)(H,35,41)(H4,31,32,36);1H2/t22-,23+,24+;/m1./s1. The lowest BCUT2D eigenvalue weighted by Crippen LogP contribution is -2.53. The third-order valence-corrected chi connectivity index (χ3v) is 6.09. The molecule has 4 amide bonds. The summed E-state index contributed by atoms with van der Waals surface area (Å²) in [5, 5.41) is 7.73. The molecule has 0 aliphatic heterocycles. The number of hydrogen-bond acceptors (Lipinski definition) is 7. The average molecular weight is 600 g/mol. The number of nitrogens with one attached hydrogen (secondary N) is 3. The van der Waals surface area contributed by atoms with Gasteiger partial charge in [-0.25, -0.2) is 4.99 Å². The summed E-state index contributed by atoms with van der Waals surface area (Å²) in [5.74, 6) is -2.93. The van der Waals surface area contributed by atoms with Crippen molar-refractivity contribution in [2.75, 3.05) is 6.54 Å². The number of benzene rings is 2. The van der Waals surface area contributed by atoms with E-state index in [4.69, 9.17) is 21.9 Å². The molecule has 0 saturated heterocycles. The summed E-state index contributed by atoms with van der Waals surface area (Å²) < 4.78 is 5.02. The second kappa shape index (κ2) is 18.5. The van der Waals surface area contributed by atoms with Gasteiger partial charge in [-0.15, -0.1) is 0 Å². The first-order chi connectivity index (χ1) is 20.0. The Morgan fingerprint density at radius 3 is 2.02 bits per heavy atom. The number of aliphatic imine (C=N–C) groups is 1. The van der Waals surface area contributed by atoms with Crippen LogP contribution in [0.4, 0.5) is 0 Å². The van der Waals surface area contributed by atoms with Crippen LogP contribution in [-0.4, -0.2) is 65.7 Å². The van der Waals surface area contributed by atoms with Crippen molar-refractivity contribution in [1.29, 1.82) is 0 Å². The molecule has 0 heterocycles. The monoisotopic (exact) mass is 599 g/mol. The molecular formula is C29H41N7O7. The third-order valence-electron chi connectivity index (χ3n) is 6.09. The molecule has 0 saturated carbocycles. The van der Waals surface area contributed by atoms with Crippen LogP contribution in [0.2, 0.25) is 0 Å². The fourth-order valence-electron chi connectivity index (χ4n) is 4.01. The molecule has 234 valence electrons. The minimum Gasteiger partial charge on any atom is -0.427 e. The quantitative estimate of drug-likeness (QED) is 0.0601. The second-order valence-electron chi connectivity index (χ2n) is 9.64. The normalized spacial score (nSPS) is 12.3. The van der Waals surface area contributed by atoms with Gasteiger partial charge in [0.2, 0.25) is 23.6 Å². The topological polar surface area (TPSA) is 253 Å². The fourth-order valence-corrected chi connectivity index (χ4v) is 4.01. The van der Waals surface area contributed by atoms with Crippen molar-refractivity contribution in [2.45, 2.75) is 64.1 Å². The molecule has 2 aromatic carbocycles. The number of rotatable bonds is 16. The number of hydrogen-bond donors (Lipinski definition) is 6. The highest BCUT2D eigenvalue weighted by Gasteiger charge is 2.26. The molecule has 14 heteroatoms. The van der Waals surface area contributed by atoms with Crippen molar-refractivity contribution in [3.8, 4) is 5.75 Å². The molecule has 43 heavy (non-hydrogen) atoms. The predicted octanol–water partition coefficient (Wildman–Crippen LogP) is -1.02. The van der Waals surface area contributed by atoms with Crippen molar-refractivity contribution in [3.63, 3.8) is 0 Å². The summed E-state index contributed by atoms with van der Waals surface area (Å²) >= 11 is 0. The number of carbonyl (C=O) groups excluding carboxylic acids is 5. The number of carbonyl (C=O) groups is 5. The third kappa shape index (κ3) is 13.5. The zero-order valence-electron chi connectivity index (χ0n) is 24.3. The van der Waals surface area contributed by atoms with Gasteiger partial charge in [-0.1, -0.05) is 62.2 Å². The van der Waals surface area contributed by atoms with E-state index in [1.807, 2.05) is 13.0 Å². The molecule has 0 radical (unpaired) electrons. The SMILES string of the molecule is CCCC[C@@H](NC(=O)[C@H](Cc1ccc(OC(C)=O)cc1)N=C(N)N)C(=O)NCC(=O)N[C@@H](Cc1ccccc1)C(N)=O.O. The predicted molar refractivity (Wildman–Crippen MR) is 160 cm³/mol. The minimum atomic E-state index is -1.05. The highest BCUT2D eigenvalue weighted by atomic mass is 16.5. The van der Waals surface area contributed by atoms with E-state index < -0.39 is 54.3 Å². The van der Waals surface area contributed by atoms with Crippen molar-refractivity contribution >= 4 is 35.6 Å². The first-order valence-corrected chi connectivity index (χ1v) is 13.5. The van der Waals surface area contributed by atoms with E-state index in [1.165, 1.54) is 6.92 Å². The lowest BCUT2D eigenvalue weighted by atomic mass is 10.0. The van der Waals surface area contributed by atoms with Crippen LogP contribution in [0.1, 0.15) is 44.2 Å². The second-order valence-corrected chi connectivity index (χ2v) is 9.64. The number of ether oxygens (including phenoxy) is 1. The van der Waals surface area contributed by atoms with E-state index in [1.54, 1.807) is 48.5 Å². The zero-order chi connectivity index (χ0) is 31.1. The van der Waals surface area contributed by atoms with Gasteiger partial charge >= 0.3 is 5.97 Å². The smallest absolute Gasteiger partial charge is 0.308 e. The molecular weight excluding hydrogens is 558 g/mol. The highest BCUT2D eigenvalue weighted by molar-refractivity contribution is 5.94. The van der Waals surface area contributed by atoms with Crippen LogP contribution in [0, 0.1) is 0 Å². The zero-order valence-corrected chi connectivity index (χ0v) is 24.3. The molecule has 0 aromatic heterocycles. The van der Waals surface area contributed by atoms with Crippen molar-refractivity contribution in [1.82, 2.24) is 16.0 Å². The number of primary amides is 1. The van der Waals surface area contributed by atoms with Crippen LogP contribution >= 0.6 is 0 Å². The fraction of sp³-hybridized carbons (Fsp3) is 0.379. The van der Waals surface area contributed by atoms with Gasteiger partial charge in [-0.05, 0) is 29.7 Å². The Bertz CT molecular complexity index is 1250. The Kier molecular flexibility index (Phi) is 15.5. The molecule has 2 aromatic rings. The maximum atomic E-state index is 13.2. The van der Waals surface area contributed by atoms with Crippen LogP contribution in [0.3, 0.4) is 0 Å². The van der Waals surface area contributed by atoms with Gasteiger partial charge in [0.1, 0.15) is 23.9 Å². The minimum absolute atomic E-state index is 0. The molecule has 0 spiro atoms. The van der Waals surface area contributed by atoms with Crippen LogP contribution in [0.5, 0.6) is 5.75 Å². The van der Waals surface area contributed by atoms with Crippen molar-refractivity contribution < 1.29 is 34.2 Å². The first kappa shape index (κ1) is 36.0. The summed E-state index contributed by atoms with van der Waals surface area (Å²) in [6.07, 6.45) is 1.98. The number of guanidine groups is 1. The molecule has 3 atom stereocenters. The van der Waals surface area contributed by atoms with Gasteiger partial charge in [-0.2, -0.15) is 0 Å². The summed E-state index contributed by atoms with van der Waals surface area (Å²) in [4.78, 5) is 65.8.